The second-order valence-electron chi connectivity index (χ2n) is 6.16. The number of anilines is 1. The minimum Gasteiger partial charge on any atom is -0.493 e. The minimum absolute atomic E-state index is 0.0197. The van der Waals surface area contributed by atoms with Crippen LogP contribution >= 0.6 is 0 Å². The number of hydrogen-bond donors (Lipinski definition) is 2. The molecule has 1 heterocycles. The SMILES string of the molecule is CCOc1cc(C(=O)Nc2ccc3c(c2F)CCNC3)c([N+](=O)[O-])cc1OC. The lowest BCUT2D eigenvalue weighted by molar-refractivity contribution is -0.385. The lowest BCUT2D eigenvalue weighted by Crippen LogP contribution is -2.25. The van der Waals surface area contributed by atoms with Gasteiger partial charge in [-0.15, -0.1) is 0 Å². The van der Waals surface area contributed by atoms with Gasteiger partial charge >= 0.3 is 0 Å². The minimum atomic E-state index is -0.803. The molecule has 0 saturated heterocycles. The van der Waals surface area contributed by atoms with E-state index in [0.29, 0.717) is 25.1 Å². The van der Waals surface area contributed by atoms with E-state index in [9.17, 15) is 19.3 Å². The number of amides is 1. The highest BCUT2D eigenvalue weighted by Gasteiger charge is 2.26. The average molecular weight is 389 g/mol. The molecule has 0 unspecified atom stereocenters. The predicted molar refractivity (Wildman–Crippen MR) is 101 cm³/mol. The molecule has 0 aliphatic carbocycles. The molecule has 2 aromatic carbocycles. The van der Waals surface area contributed by atoms with Crippen molar-refractivity contribution in [3.05, 3.63) is 56.9 Å². The molecule has 28 heavy (non-hydrogen) atoms. The smallest absolute Gasteiger partial charge is 0.286 e. The lowest BCUT2D eigenvalue weighted by atomic mass is 9.99. The Bertz CT molecular complexity index is 932. The fourth-order valence-corrected chi connectivity index (χ4v) is 3.13. The van der Waals surface area contributed by atoms with Gasteiger partial charge in [-0.2, -0.15) is 0 Å². The Morgan fingerprint density at radius 2 is 2.14 bits per heavy atom. The molecule has 8 nitrogen and oxygen atoms in total. The van der Waals surface area contributed by atoms with Crippen molar-refractivity contribution in [2.75, 3.05) is 25.6 Å². The highest BCUT2D eigenvalue weighted by molar-refractivity contribution is 6.07. The molecular weight excluding hydrogens is 369 g/mol. The van der Waals surface area contributed by atoms with Crippen molar-refractivity contribution in [2.45, 2.75) is 19.9 Å². The van der Waals surface area contributed by atoms with E-state index < -0.39 is 22.3 Å². The van der Waals surface area contributed by atoms with Crippen molar-refractivity contribution < 1.29 is 23.6 Å². The van der Waals surface area contributed by atoms with Crippen LogP contribution in [-0.4, -0.2) is 31.1 Å². The maximum absolute atomic E-state index is 14.8. The number of nitrogens with one attached hydrogen (secondary N) is 2. The summed E-state index contributed by atoms with van der Waals surface area (Å²) < 4.78 is 25.3. The number of methoxy groups -OCH3 is 1. The van der Waals surface area contributed by atoms with Crippen LogP contribution in [0.25, 0.3) is 0 Å². The highest BCUT2D eigenvalue weighted by atomic mass is 19.1. The Hall–Kier alpha value is -3.20. The summed E-state index contributed by atoms with van der Waals surface area (Å²) in [6, 6.07) is 5.54. The van der Waals surface area contributed by atoms with Crippen LogP contribution in [0, 0.1) is 15.9 Å². The number of carbonyl (C=O) groups is 1. The fraction of sp³-hybridized carbons (Fsp3) is 0.316. The van der Waals surface area contributed by atoms with Gasteiger partial charge in [-0.3, -0.25) is 14.9 Å². The third-order valence-corrected chi connectivity index (χ3v) is 4.48. The van der Waals surface area contributed by atoms with Crippen LogP contribution in [0.15, 0.2) is 24.3 Å². The van der Waals surface area contributed by atoms with Crippen molar-refractivity contribution in [1.82, 2.24) is 5.32 Å². The maximum Gasteiger partial charge on any atom is 0.286 e. The van der Waals surface area contributed by atoms with Gasteiger partial charge in [0.25, 0.3) is 11.6 Å². The maximum atomic E-state index is 14.8. The molecule has 0 atom stereocenters. The Balaban J connectivity index is 1.98. The summed E-state index contributed by atoms with van der Waals surface area (Å²) in [6.45, 7) is 3.21. The Labute approximate surface area is 160 Å². The van der Waals surface area contributed by atoms with E-state index in [0.717, 1.165) is 11.6 Å². The number of nitrogens with zero attached hydrogens (tertiary/aromatic N) is 1. The summed E-state index contributed by atoms with van der Waals surface area (Å²) in [6.07, 6.45) is 0.502. The van der Waals surface area contributed by atoms with E-state index in [1.807, 2.05) is 0 Å². The van der Waals surface area contributed by atoms with Gasteiger partial charge in [0, 0.05) is 12.6 Å². The first-order valence-electron chi connectivity index (χ1n) is 8.77. The predicted octanol–water partition coefficient (Wildman–Crippen LogP) is 3.04. The quantitative estimate of drug-likeness (QED) is 0.582. The van der Waals surface area contributed by atoms with Crippen molar-refractivity contribution in [2.24, 2.45) is 0 Å². The van der Waals surface area contributed by atoms with Gasteiger partial charge in [-0.1, -0.05) is 6.07 Å². The first-order valence-corrected chi connectivity index (χ1v) is 8.77. The van der Waals surface area contributed by atoms with Crippen LogP contribution < -0.4 is 20.1 Å². The molecule has 3 rings (SSSR count). The summed E-state index contributed by atoms with van der Waals surface area (Å²) in [4.78, 5) is 23.5. The van der Waals surface area contributed by atoms with Crippen LogP contribution in [0.5, 0.6) is 11.5 Å². The summed E-state index contributed by atoms with van der Waals surface area (Å²) in [5.74, 6) is -0.994. The van der Waals surface area contributed by atoms with Crippen molar-refractivity contribution in [1.29, 1.82) is 0 Å². The van der Waals surface area contributed by atoms with E-state index in [-0.39, 0.29) is 29.4 Å². The Kier molecular flexibility index (Phi) is 5.74. The largest absolute Gasteiger partial charge is 0.493 e. The molecule has 0 radical (unpaired) electrons. The number of carbonyl (C=O) groups excluding carboxylic acids is 1. The van der Waals surface area contributed by atoms with Gasteiger partial charge in [-0.25, -0.2) is 4.39 Å². The molecule has 9 heteroatoms. The summed E-state index contributed by atoms with van der Waals surface area (Å²) in [5, 5.41) is 17.0. The Morgan fingerprint density at radius 1 is 1.36 bits per heavy atom. The van der Waals surface area contributed by atoms with E-state index in [4.69, 9.17) is 9.47 Å². The zero-order valence-corrected chi connectivity index (χ0v) is 15.5. The lowest BCUT2D eigenvalue weighted by Gasteiger charge is -2.19. The second kappa shape index (κ2) is 8.22. The van der Waals surface area contributed by atoms with Gasteiger partial charge in [0.05, 0.1) is 30.4 Å². The molecule has 2 aromatic rings. The molecule has 0 fully saturated rings. The first kappa shape index (κ1) is 19.6. The zero-order chi connectivity index (χ0) is 20.3. The van der Waals surface area contributed by atoms with E-state index in [1.165, 1.54) is 19.2 Å². The summed E-state index contributed by atoms with van der Waals surface area (Å²) >= 11 is 0. The van der Waals surface area contributed by atoms with Gasteiger partial charge in [-0.05, 0) is 37.1 Å². The molecule has 148 valence electrons. The molecule has 1 aliphatic heterocycles. The third-order valence-electron chi connectivity index (χ3n) is 4.48. The van der Waals surface area contributed by atoms with Crippen LogP contribution in [0.1, 0.15) is 28.4 Å². The number of fused-ring (bicyclic) bond motifs is 1. The van der Waals surface area contributed by atoms with Crippen LogP contribution in [-0.2, 0) is 13.0 Å². The molecule has 0 spiro atoms. The molecule has 1 aliphatic rings. The summed E-state index contributed by atoms with van der Waals surface area (Å²) in [7, 11) is 1.35. The van der Waals surface area contributed by atoms with Gasteiger partial charge in [0.2, 0.25) is 0 Å². The van der Waals surface area contributed by atoms with Crippen molar-refractivity contribution in [3.63, 3.8) is 0 Å². The first-order chi connectivity index (χ1) is 13.5. The molecule has 0 bridgehead atoms. The van der Waals surface area contributed by atoms with Crippen LogP contribution in [0.2, 0.25) is 0 Å². The van der Waals surface area contributed by atoms with Gasteiger partial charge < -0.3 is 20.1 Å². The van der Waals surface area contributed by atoms with Gasteiger partial charge in [0.1, 0.15) is 11.4 Å². The van der Waals surface area contributed by atoms with Crippen LogP contribution in [0.3, 0.4) is 0 Å². The monoisotopic (exact) mass is 389 g/mol. The molecule has 2 N–H and O–H groups in total. The van der Waals surface area contributed by atoms with Gasteiger partial charge in [0.15, 0.2) is 11.5 Å². The second-order valence-corrected chi connectivity index (χ2v) is 6.16. The average Bonchev–Trinajstić information content (AvgIpc) is 2.70. The standard InChI is InChI=1S/C19H20FN3O5/c1-3-28-17-8-13(15(23(25)26)9-16(17)27-2)19(24)22-14-5-4-11-10-21-7-6-12(11)18(14)20/h4-5,8-9,21H,3,6-7,10H2,1-2H3,(H,22,24). The van der Waals surface area contributed by atoms with E-state index in [2.05, 4.69) is 10.6 Å². The number of nitro benzene ring substituents is 1. The van der Waals surface area contributed by atoms with E-state index in [1.54, 1.807) is 13.0 Å². The highest BCUT2D eigenvalue weighted by Crippen LogP contribution is 2.35. The summed E-state index contributed by atoms with van der Waals surface area (Å²) in [5.41, 5.74) is 0.647. The number of benzene rings is 2. The van der Waals surface area contributed by atoms with Crippen LogP contribution in [0.4, 0.5) is 15.8 Å². The molecular formula is C19H20FN3O5. The molecule has 1 amide bonds. The molecule has 0 saturated carbocycles. The fourth-order valence-electron chi connectivity index (χ4n) is 3.13. The normalized spacial score (nSPS) is 12.8. The van der Waals surface area contributed by atoms with Crippen molar-refractivity contribution in [3.8, 4) is 11.5 Å². The number of ether oxygens (including phenoxy) is 2. The van der Waals surface area contributed by atoms with Crippen molar-refractivity contribution >= 4 is 17.3 Å². The molecule has 0 aromatic heterocycles. The number of hydrogen-bond acceptors (Lipinski definition) is 6. The number of nitro groups is 1. The number of rotatable bonds is 6. The zero-order valence-electron chi connectivity index (χ0n) is 15.5. The Morgan fingerprint density at radius 3 is 2.82 bits per heavy atom. The number of halogens is 1. The topological polar surface area (TPSA) is 103 Å². The van der Waals surface area contributed by atoms with E-state index >= 15 is 0 Å². The third kappa shape index (κ3) is 3.74.